The largest absolute Gasteiger partial charge is 0.310 e. The Balaban J connectivity index is 1.06. The molecule has 0 unspecified atom stereocenters. The van der Waals surface area contributed by atoms with Crippen molar-refractivity contribution in [1.82, 2.24) is 0 Å². The van der Waals surface area contributed by atoms with E-state index in [1.807, 2.05) is 0 Å². The van der Waals surface area contributed by atoms with Crippen molar-refractivity contribution in [1.29, 1.82) is 0 Å². The molecule has 0 atom stereocenters. The summed E-state index contributed by atoms with van der Waals surface area (Å²) >= 11 is 0. The van der Waals surface area contributed by atoms with Gasteiger partial charge in [-0.2, -0.15) is 0 Å². The summed E-state index contributed by atoms with van der Waals surface area (Å²) in [5, 5.41) is 5.05. The third kappa shape index (κ3) is 5.62. The Labute approximate surface area is 366 Å². The van der Waals surface area contributed by atoms with Crippen molar-refractivity contribution in [2.75, 3.05) is 9.80 Å². The first-order valence-electron chi connectivity index (χ1n) is 22.1. The monoisotopic (exact) mass is 800 g/mol. The Morgan fingerprint density at radius 2 is 0.629 bits per heavy atom. The highest BCUT2D eigenvalue weighted by Crippen LogP contribution is 2.60. The van der Waals surface area contributed by atoms with Crippen molar-refractivity contribution in [3.05, 3.63) is 214 Å². The van der Waals surface area contributed by atoms with Gasteiger partial charge in [0.25, 0.3) is 0 Å². The van der Waals surface area contributed by atoms with Crippen LogP contribution in [0.25, 0.3) is 43.8 Å². The summed E-state index contributed by atoms with van der Waals surface area (Å²) in [4.78, 5) is 4.86. The summed E-state index contributed by atoms with van der Waals surface area (Å²) in [7, 11) is 0. The zero-order valence-corrected chi connectivity index (χ0v) is 37.1. The standard InChI is InChI=1S/C60H52N2/c1-37-17-9-13-21-53(37)61(54-22-14-10-18-38(54)2)45-27-25-41-33-47-51(35-43(41)31-45)59(5,6)49-29-30-50-58(57(47)49)48-34-42-26-28-46(32-44(42)36-52(48)60(50,7)8)62(55-23-15-11-19-39(55)3)56-24-16-12-20-40(56)4/h9-36H,1-8H3. The lowest BCUT2D eigenvalue weighted by Crippen LogP contribution is -2.17. The van der Waals surface area contributed by atoms with Gasteiger partial charge in [0, 0.05) is 45.0 Å². The molecule has 0 bridgehead atoms. The van der Waals surface area contributed by atoms with Crippen LogP contribution in [0.5, 0.6) is 0 Å². The fraction of sp³-hybridized carbons (Fsp3) is 0.167. The number of rotatable bonds is 6. The Bertz CT molecular complexity index is 3000. The molecule has 2 aliphatic rings. The van der Waals surface area contributed by atoms with Gasteiger partial charge >= 0.3 is 0 Å². The molecular weight excluding hydrogens is 749 g/mol. The average molecular weight is 801 g/mol. The van der Waals surface area contributed by atoms with Crippen LogP contribution >= 0.6 is 0 Å². The van der Waals surface area contributed by atoms with Gasteiger partial charge < -0.3 is 9.80 Å². The first kappa shape index (κ1) is 38.1. The van der Waals surface area contributed by atoms with Crippen molar-refractivity contribution >= 4 is 55.7 Å². The van der Waals surface area contributed by atoms with Gasteiger partial charge in [-0.25, -0.2) is 0 Å². The average Bonchev–Trinajstić information content (AvgIpc) is 3.63. The quantitative estimate of drug-likeness (QED) is 0.165. The van der Waals surface area contributed by atoms with Crippen molar-refractivity contribution < 1.29 is 0 Å². The molecule has 0 N–H and O–H groups in total. The van der Waals surface area contributed by atoms with Gasteiger partial charge in [0.15, 0.2) is 0 Å². The van der Waals surface area contributed by atoms with Gasteiger partial charge in [-0.05, 0) is 189 Å². The van der Waals surface area contributed by atoms with Crippen LogP contribution in [0, 0.1) is 27.7 Å². The van der Waals surface area contributed by atoms with Crippen molar-refractivity contribution in [3.63, 3.8) is 0 Å². The predicted octanol–water partition coefficient (Wildman–Crippen LogP) is 16.8. The zero-order valence-electron chi connectivity index (χ0n) is 37.1. The Morgan fingerprint density at radius 1 is 0.306 bits per heavy atom. The topological polar surface area (TPSA) is 6.48 Å². The van der Waals surface area contributed by atoms with E-state index in [-0.39, 0.29) is 10.8 Å². The molecule has 62 heavy (non-hydrogen) atoms. The molecule has 0 aromatic heterocycles. The Hall–Kier alpha value is -6.90. The lowest BCUT2D eigenvalue weighted by molar-refractivity contribution is 0.651. The first-order valence-corrected chi connectivity index (χ1v) is 22.1. The summed E-state index contributed by atoms with van der Waals surface area (Å²) < 4.78 is 0. The second kappa shape index (κ2) is 13.8. The molecule has 2 heteroatoms. The maximum absolute atomic E-state index is 2.49. The minimum absolute atomic E-state index is 0.164. The van der Waals surface area contributed by atoms with Gasteiger partial charge in [-0.1, -0.05) is 125 Å². The van der Waals surface area contributed by atoms with E-state index in [0.29, 0.717) is 0 Å². The van der Waals surface area contributed by atoms with Crippen LogP contribution in [0.15, 0.2) is 170 Å². The molecule has 0 spiro atoms. The van der Waals surface area contributed by atoms with E-state index < -0.39 is 0 Å². The molecule has 2 nitrogen and oxygen atoms in total. The second-order valence-corrected chi connectivity index (χ2v) is 18.8. The van der Waals surface area contributed by atoms with Crippen LogP contribution in [-0.4, -0.2) is 0 Å². The van der Waals surface area contributed by atoms with Gasteiger partial charge in [0.2, 0.25) is 0 Å². The fourth-order valence-corrected chi connectivity index (χ4v) is 10.9. The maximum Gasteiger partial charge on any atom is 0.0490 e. The van der Waals surface area contributed by atoms with Crippen LogP contribution in [0.2, 0.25) is 0 Å². The van der Waals surface area contributed by atoms with Crippen LogP contribution in [0.4, 0.5) is 34.1 Å². The summed E-state index contributed by atoms with van der Waals surface area (Å²) in [5.74, 6) is 0. The van der Waals surface area contributed by atoms with E-state index in [1.54, 1.807) is 0 Å². The molecular formula is C60H52N2. The van der Waals surface area contributed by atoms with Crippen LogP contribution in [0.1, 0.15) is 72.2 Å². The highest BCUT2D eigenvalue weighted by atomic mass is 15.2. The number of fused-ring (bicyclic) bond motifs is 9. The summed E-state index contributed by atoms with van der Waals surface area (Å²) in [6.07, 6.45) is 0. The highest BCUT2D eigenvalue weighted by molar-refractivity contribution is 6.05. The number of nitrogens with zero attached hydrogens (tertiary/aromatic N) is 2. The minimum atomic E-state index is -0.164. The molecule has 9 aromatic rings. The van der Waals surface area contributed by atoms with E-state index in [4.69, 9.17) is 0 Å². The SMILES string of the molecule is Cc1ccccc1N(c1ccc2cc3c(cc2c1)C(C)(C)c1ccc2c(c1-3)-c1cc3ccc(N(c4ccccc4C)c4ccccc4C)cc3cc1C2(C)C)c1ccccc1C. The number of hydrogen-bond donors (Lipinski definition) is 0. The lowest BCUT2D eigenvalue weighted by Gasteiger charge is -2.29. The van der Waals surface area contributed by atoms with Crippen LogP contribution < -0.4 is 9.80 Å². The molecule has 302 valence electrons. The number of anilines is 6. The molecule has 9 aromatic carbocycles. The fourth-order valence-electron chi connectivity index (χ4n) is 10.9. The summed E-state index contributed by atoms with van der Waals surface area (Å²) in [6.45, 7) is 18.5. The normalized spacial score (nSPS) is 14.1. The van der Waals surface area contributed by atoms with Crippen molar-refractivity contribution in [2.24, 2.45) is 0 Å². The Morgan fingerprint density at radius 3 is 0.952 bits per heavy atom. The van der Waals surface area contributed by atoms with E-state index in [2.05, 4.69) is 235 Å². The number of hydrogen-bond acceptors (Lipinski definition) is 2. The molecule has 0 aliphatic heterocycles. The minimum Gasteiger partial charge on any atom is -0.310 e. The van der Waals surface area contributed by atoms with E-state index in [0.717, 1.165) is 0 Å². The van der Waals surface area contributed by atoms with E-state index >= 15 is 0 Å². The van der Waals surface area contributed by atoms with Crippen LogP contribution in [0.3, 0.4) is 0 Å². The van der Waals surface area contributed by atoms with Gasteiger partial charge in [0.05, 0.1) is 0 Å². The second-order valence-electron chi connectivity index (χ2n) is 18.8. The van der Waals surface area contributed by atoms with Gasteiger partial charge in [-0.15, -0.1) is 0 Å². The smallest absolute Gasteiger partial charge is 0.0490 e. The molecule has 2 aliphatic carbocycles. The molecule has 0 heterocycles. The molecule has 11 rings (SSSR count). The number of benzene rings is 9. The molecule has 0 saturated heterocycles. The number of para-hydroxylation sites is 4. The van der Waals surface area contributed by atoms with Crippen molar-refractivity contribution in [3.8, 4) is 22.3 Å². The van der Waals surface area contributed by atoms with E-state index in [9.17, 15) is 0 Å². The maximum atomic E-state index is 2.49. The lowest BCUT2D eigenvalue weighted by atomic mass is 9.79. The van der Waals surface area contributed by atoms with Gasteiger partial charge in [-0.3, -0.25) is 0 Å². The van der Waals surface area contributed by atoms with Gasteiger partial charge in [0.1, 0.15) is 0 Å². The molecule has 0 radical (unpaired) electrons. The number of aryl methyl sites for hydroxylation is 4. The third-order valence-corrected chi connectivity index (χ3v) is 14.3. The highest BCUT2D eigenvalue weighted by Gasteiger charge is 2.44. The van der Waals surface area contributed by atoms with Crippen LogP contribution in [-0.2, 0) is 10.8 Å². The first-order chi connectivity index (χ1) is 29.9. The summed E-state index contributed by atoms with van der Waals surface area (Å²) in [5.41, 5.74) is 23.0. The predicted molar refractivity (Wildman–Crippen MR) is 265 cm³/mol. The summed E-state index contributed by atoms with van der Waals surface area (Å²) in [6, 6.07) is 63.8. The molecule has 0 saturated carbocycles. The van der Waals surface area contributed by atoms with E-state index in [1.165, 1.54) is 122 Å². The van der Waals surface area contributed by atoms with Crippen molar-refractivity contribution in [2.45, 2.75) is 66.2 Å². The Kier molecular flexibility index (Phi) is 8.48. The third-order valence-electron chi connectivity index (χ3n) is 14.3. The molecule has 0 fully saturated rings. The zero-order chi connectivity index (χ0) is 42.7. The molecule has 0 amide bonds.